The SMILES string of the molecule is CCCCCCCCCCCCCCCCCC(=O)OC1C(O)C(O)C(OC2OC(CO)C(O)C(O)C2O)C(OP(=O)(O)OCC(COC(=O)CCCCCCCCCCCCCCC)OC(=O)CCCCCCCCC(C)CCCCCCCC)C1OC1OC(COC(=O)CCCCCCCCCCCCCCC)C(O)C(O)C1O. The molecule has 116 heavy (non-hydrogen) atoms. The minimum Gasteiger partial charge on any atom is -0.463 e. The highest BCUT2D eigenvalue weighted by atomic mass is 31.2. The molecule has 25 nitrogen and oxygen atoms in total. The molecule has 684 valence electrons. The summed E-state index contributed by atoms with van der Waals surface area (Å²) in [6, 6.07) is 0. The second kappa shape index (κ2) is 68.9. The van der Waals surface area contributed by atoms with Gasteiger partial charge in [-0.15, -0.1) is 0 Å². The van der Waals surface area contributed by atoms with E-state index in [1.807, 2.05) is 0 Å². The predicted molar refractivity (Wildman–Crippen MR) is 449 cm³/mol. The van der Waals surface area contributed by atoms with E-state index in [9.17, 15) is 74.6 Å². The molecule has 2 aliphatic heterocycles. The molecule has 3 aliphatic rings. The molecule has 1 saturated carbocycles. The summed E-state index contributed by atoms with van der Waals surface area (Å²) >= 11 is 0. The quantitative estimate of drug-likeness (QED) is 0.0117. The van der Waals surface area contributed by atoms with Crippen LogP contribution in [0.15, 0.2) is 0 Å². The number of phosphoric ester groups is 1. The number of aliphatic hydroxyl groups is 9. The average Bonchev–Trinajstić information content (AvgIpc) is 0.754. The van der Waals surface area contributed by atoms with E-state index >= 15 is 0 Å². The summed E-state index contributed by atoms with van der Waals surface area (Å²) in [5.74, 6) is -2.27. The predicted octanol–water partition coefficient (Wildman–Crippen LogP) is 17.2. The van der Waals surface area contributed by atoms with Crippen LogP contribution in [-0.2, 0) is 70.7 Å². The Morgan fingerprint density at radius 2 is 0.647 bits per heavy atom. The molecule has 2 saturated heterocycles. The molecule has 10 N–H and O–H groups in total. The number of aliphatic hydroxyl groups excluding tert-OH is 9. The van der Waals surface area contributed by atoms with Crippen LogP contribution in [0.1, 0.15) is 413 Å². The molecule has 0 aromatic heterocycles. The van der Waals surface area contributed by atoms with E-state index in [-0.39, 0.29) is 25.7 Å². The Kier molecular flexibility index (Phi) is 63.9. The number of hydrogen-bond acceptors (Lipinski definition) is 24. The van der Waals surface area contributed by atoms with Crippen LogP contribution in [-0.4, -0.2) is 205 Å². The van der Waals surface area contributed by atoms with Crippen molar-refractivity contribution in [2.45, 2.75) is 518 Å². The van der Waals surface area contributed by atoms with E-state index in [0.717, 1.165) is 128 Å². The number of unbranched alkanes of at least 4 members (excludes halogenated alkanes) is 48. The van der Waals surface area contributed by atoms with Crippen LogP contribution < -0.4 is 0 Å². The number of ether oxygens (including phenoxy) is 8. The number of hydrogen-bond donors (Lipinski definition) is 10. The van der Waals surface area contributed by atoms with Crippen LogP contribution in [0.3, 0.4) is 0 Å². The second-order valence-electron chi connectivity index (χ2n) is 34.2. The fraction of sp³-hybridized carbons (Fsp3) is 0.956. The Morgan fingerprint density at radius 1 is 0.336 bits per heavy atom. The summed E-state index contributed by atoms with van der Waals surface area (Å²) in [6.07, 6.45) is 23.9. The van der Waals surface area contributed by atoms with Crippen molar-refractivity contribution in [1.29, 1.82) is 0 Å². The van der Waals surface area contributed by atoms with Crippen molar-refractivity contribution in [2.24, 2.45) is 5.92 Å². The number of rotatable bonds is 76. The lowest BCUT2D eigenvalue weighted by Gasteiger charge is -2.50. The molecule has 19 atom stereocenters. The zero-order chi connectivity index (χ0) is 84.8. The zero-order valence-electron chi connectivity index (χ0n) is 73.0. The van der Waals surface area contributed by atoms with E-state index < -0.39 is 162 Å². The zero-order valence-corrected chi connectivity index (χ0v) is 73.9. The molecule has 3 rings (SSSR count). The van der Waals surface area contributed by atoms with Crippen molar-refractivity contribution in [3.63, 3.8) is 0 Å². The normalized spacial score (nSPS) is 25.4. The summed E-state index contributed by atoms with van der Waals surface area (Å²) < 4.78 is 73.5. The number of carbonyl (C=O) groups is 4. The van der Waals surface area contributed by atoms with Crippen molar-refractivity contribution in [3.05, 3.63) is 0 Å². The van der Waals surface area contributed by atoms with Gasteiger partial charge in [-0.25, -0.2) is 4.57 Å². The summed E-state index contributed by atoms with van der Waals surface area (Å²) in [5.41, 5.74) is 0. The number of phosphoric acid groups is 1. The smallest absolute Gasteiger partial charge is 0.463 e. The molecule has 3 fully saturated rings. The monoisotopic (exact) mass is 1680 g/mol. The fourth-order valence-electron chi connectivity index (χ4n) is 15.9. The van der Waals surface area contributed by atoms with Crippen molar-refractivity contribution in [3.8, 4) is 0 Å². The van der Waals surface area contributed by atoms with Crippen molar-refractivity contribution >= 4 is 31.7 Å². The van der Waals surface area contributed by atoms with Crippen LogP contribution in [0.4, 0.5) is 0 Å². The van der Waals surface area contributed by atoms with E-state index in [0.29, 0.717) is 38.0 Å². The fourth-order valence-corrected chi connectivity index (χ4v) is 16.9. The first-order valence-electron chi connectivity index (χ1n) is 47.2. The Bertz CT molecular complexity index is 2430. The highest BCUT2D eigenvalue weighted by molar-refractivity contribution is 7.47. The van der Waals surface area contributed by atoms with Gasteiger partial charge in [-0.1, -0.05) is 362 Å². The molecule has 2 heterocycles. The third-order valence-electron chi connectivity index (χ3n) is 23.5. The number of carbonyl (C=O) groups excluding carboxylic acids is 4. The highest BCUT2D eigenvalue weighted by Gasteiger charge is 2.60. The average molecular weight is 1680 g/mol. The van der Waals surface area contributed by atoms with Crippen LogP contribution in [0, 0.1) is 5.92 Å². The van der Waals surface area contributed by atoms with Crippen LogP contribution >= 0.6 is 7.82 Å². The molecule has 1 aliphatic carbocycles. The first kappa shape index (κ1) is 108. The van der Waals surface area contributed by atoms with Gasteiger partial charge in [0.15, 0.2) is 24.8 Å². The Balaban J connectivity index is 1.93. The van der Waals surface area contributed by atoms with Crippen LogP contribution in [0.5, 0.6) is 0 Å². The van der Waals surface area contributed by atoms with E-state index in [1.54, 1.807) is 0 Å². The molecule has 0 aromatic carbocycles. The first-order chi connectivity index (χ1) is 56.1. The van der Waals surface area contributed by atoms with Crippen molar-refractivity contribution in [1.82, 2.24) is 0 Å². The third-order valence-corrected chi connectivity index (χ3v) is 24.5. The molecule has 26 heteroatoms. The molecule has 0 bridgehead atoms. The molecule has 19 unspecified atom stereocenters. The Hall–Kier alpha value is -2.53. The standard InChI is InChI=1S/C90H169O25P/c1-6-10-14-18-22-25-28-31-32-35-38-41-44-51-58-64-76(95)112-85-81(100)82(101)86(113-89-83(102)79(98)77(96)71(65-91)110-89)88(87(85)114-90-84(103)80(99)78(97)72(111-90)68-107-74(93)62-56-50-43-40-37-34-30-27-24-20-16-12-8-3)115-116(104,105)108-67-70(66-106-73(92)61-55-49-42-39-36-33-29-26-23-19-15-11-7-2)109-75(94)63-57-52-46-45-48-54-60-69(5)59-53-47-21-17-13-9-4/h69-72,77-91,96-103H,6-68H2,1-5H3,(H,104,105). The van der Waals surface area contributed by atoms with E-state index in [1.165, 1.54) is 193 Å². The molecular formula is C90H169O25P. The lowest BCUT2D eigenvalue weighted by Crippen LogP contribution is -2.70. The van der Waals surface area contributed by atoms with Gasteiger partial charge in [-0.3, -0.25) is 28.2 Å². The van der Waals surface area contributed by atoms with Gasteiger partial charge in [0.05, 0.1) is 13.2 Å². The van der Waals surface area contributed by atoms with Gasteiger partial charge in [0, 0.05) is 25.7 Å². The topological polar surface area (TPSA) is 380 Å². The molecular weight excluding hydrogens is 1510 g/mol. The largest absolute Gasteiger partial charge is 0.472 e. The molecule has 0 aromatic rings. The van der Waals surface area contributed by atoms with Crippen LogP contribution in [0.25, 0.3) is 0 Å². The van der Waals surface area contributed by atoms with Gasteiger partial charge in [-0.2, -0.15) is 0 Å². The summed E-state index contributed by atoms with van der Waals surface area (Å²) in [7, 11) is -5.80. The highest BCUT2D eigenvalue weighted by Crippen LogP contribution is 2.49. The molecule has 0 radical (unpaired) electrons. The second-order valence-corrected chi connectivity index (χ2v) is 35.6. The summed E-state index contributed by atoms with van der Waals surface area (Å²) in [4.78, 5) is 66.5. The molecule has 0 amide bonds. The van der Waals surface area contributed by atoms with Gasteiger partial charge in [0.2, 0.25) is 0 Å². The minimum atomic E-state index is -5.80. The van der Waals surface area contributed by atoms with Gasteiger partial charge < -0.3 is 88.7 Å². The Labute approximate surface area is 699 Å². The minimum absolute atomic E-state index is 0.0194. The maximum atomic E-state index is 14.9. The maximum Gasteiger partial charge on any atom is 0.472 e. The van der Waals surface area contributed by atoms with Gasteiger partial charge in [0.1, 0.15) is 92.6 Å². The van der Waals surface area contributed by atoms with Crippen molar-refractivity contribution in [2.75, 3.05) is 26.4 Å². The summed E-state index contributed by atoms with van der Waals surface area (Å²) in [5, 5.41) is 102. The third kappa shape index (κ3) is 49.1. The lowest BCUT2D eigenvalue weighted by molar-refractivity contribution is -0.360. The molecule has 0 spiro atoms. The lowest BCUT2D eigenvalue weighted by atomic mass is 9.84. The van der Waals surface area contributed by atoms with Gasteiger partial charge in [-0.05, 0) is 31.6 Å². The maximum absolute atomic E-state index is 14.9. The summed E-state index contributed by atoms with van der Waals surface area (Å²) in [6.45, 7) is 7.94. The van der Waals surface area contributed by atoms with E-state index in [2.05, 4.69) is 34.6 Å². The Morgan fingerprint density at radius 3 is 1.03 bits per heavy atom. The first-order valence-corrected chi connectivity index (χ1v) is 48.7. The van der Waals surface area contributed by atoms with Crippen LogP contribution in [0.2, 0.25) is 0 Å². The van der Waals surface area contributed by atoms with Gasteiger partial charge >= 0.3 is 31.7 Å². The van der Waals surface area contributed by atoms with Crippen molar-refractivity contribution < 1.29 is 122 Å². The number of esters is 4. The van der Waals surface area contributed by atoms with Gasteiger partial charge in [0.25, 0.3) is 0 Å². The van der Waals surface area contributed by atoms with E-state index in [4.69, 9.17) is 46.9 Å².